The average Bonchev–Trinajstić information content (AvgIpc) is 2.98. The van der Waals surface area contributed by atoms with Crippen molar-refractivity contribution in [2.45, 2.75) is 51.4 Å². The second kappa shape index (κ2) is 6.29. The van der Waals surface area contributed by atoms with E-state index in [1.54, 1.807) is 0 Å². The second-order valence-corrected chi connectivity index (χ2v) is 6.09. The van der Waals surface area contributed by atoms with Crippen LogP contribution in [0.2, 0.25) is 0 Å². The molecule has 3 rings (SSSR count). The van der Waals surface area contributed by atoms with Gasteiger partial charge in [0.05, 0.1) is 6.42 Å². The van der Waals surface area contributed by atoms with Crippen LogP contribution in [0.4, 0.5) is 5.69 Å². The third-order valence-electron chi connectivity index (χ3n) is 4.61. The first kappa shape index (κ1) is 14.1. The Morgan fingerprint density at radius 3 is 2.52 bits per heavy atom. The average molecular weight is 285 g/mol. The minimum atomic E-state index is 0.483. The van der Waals surface area contributed by atoms with Crippen molar-refractivity contribution < 1.29 is 4.52 Å². The third-order valence-corrected chi connectivity index (χ3v) is 4.61. The summed E-state index contributed by atoms with van der Waals surface area (Å²) in [6.07, 6.45) is 6.95. The molecule has 1 aliphatic carbocycles. The normalized spacial score (nSPS) is 22.3. The lowest BCUT2D eigenvalue weighted by atomic mass is 9.80. The first-order valence-electron chi connectivity index (χ1n) is 7.91. The molecule has 1 saturated carbocycles. The third kappa shape index (κ3) is 3.43. The molecule has 112 valence electrons. The quantitative estimate of drug-likeness (QED) is 0.864. The van der Waals surface area contributed by atoms with Gasteiger partial charge in [0.1, 0.15) is 0 Å². The molecular formula is C17H23N3O. The summed E-state index contributed by atoms with van der Waals surface area (Å²) in [5.41, 5.74) is 7.62. The zero-order chi connectivity index (χ0) is 14.7. The van der Waals surface area contributed by atoms with Crippen molar-refractivity contribution in [1.82, 2.24) is 10.1 Å². The van der Waals surface area contributed by atoms with Gasteiger partial charge in [-0.3, -0.25) is 0 Å². The van der Waals surface area contributed by atoms with Crippen LogP contribution in [0.3, 0.4) is 0 Å². The van der Waals surface area contributed by atoms with Crippen molar-refractivity contribution in [2.24, 2.45) is 5.92 Å². The number of aromatic nitrogens is 2. The van der Waals surface area contributed by atoms with Crippen LogP contribution in [0.15, 0.2) is 28.8 Å². The molecule has 1 aliphatic rings. The summed E-state index contributed by atoms with van der Waals surface area (Å²) in [7, 11) is 0. The van der Waals surface area contributed by atoms with Crippen LogP contribution in [-0.2, 0) is 6.42 Å². The standard InChI is InChI=1S/C17H23N3O/c1-2-12-3-7-14(8-4-12)17-19-16(21-20-17)11-13-5-9-15(18)10-6-13/h5-6,9-10,12,14H,2-4,7-8,11,18H2,1H3. The lowest BCUT2D eigenvalue weighted by molar-refractivity contribution is 0.303. The van der Waals surface area contributed by atoms with Crippen LogP contribution in [0.25, 0.3) is 0 Å². The molecule has 1 heterocycles. The number of nitrogens with two attached hydrogens (primary N) is 1. The molecule has 1 aromatic carbocycles. The highest BCUT2D eigenvalue weighted by molar-refractivity contribution is 5.39. The summed E-state index contributed by atoms with van der Waals surface area (Å²) in [5, 5.41) is 4.19. The van der Waals surface area contributed by atoms with Crippen molar-refractivity contribution in [3.8, 4) is 0 Å². The van der Waals surface area contributed by atoms with E-state index in [2.05, 4.69) is 17.1 Å². The highest BCUT2D eigenvalue weighted by Crippen LogP contribution is 2.35. The molecule has 0 saturated heterocycles. The van der Waals surface area contributed by atoms with E-state index in [-0.39, 0.29) is 0 Å². The first-order valence-corrected chi connectivity index (χ1v) is 7.91. The monoisotopic (exact) mass is 285 g/mol. The summed E-state index contributed by atoms with van der Waals surface area (Å²) in [6, 6.07) is 7.81. The van der Waals surface area contributed by atoms with Crippen LogP contribution in [0.5, 0.6) is 0 Å². The molecule has 21 heavy (non-hydrogen) atoms. The molecule has 2 aromatic rings. The Kier molecular flexibility index (Phi) is 4.23. The van der Waals surface area contributed by atoms with E-state index in [9.17, 15) is 0 Å². The first-order chi connectivity index (χ1) is 10.2. The Hall–Kier alpha value is -1.84. The zero-order valence-corrected chi connectivity index (χ0v) is 12.6. The van der Waals surface area contributed by atoms with Crippen molar-refractivity contribution in [2.75, 3.05) is 5.73 Å². The molecule has 4 nitrogen and oxygen atoms in total. The van der Waals surface area contributed by atoms with Crippen LogP contribution in [0, 0.1) is 5.92 Å². The van der Waals surface area contributed by atoms with Gasteiger partial charge in [-0.2, -0.15) is 4.98 Å². The molecule has 0 aliphatic heterocycles. The number of benzene rings is 1. The summed E-state index contributed by atoms with van der Waals surface area (Å²) in [4.78, 5) is 4.59. The van der Waals surface area contributed by atoms with E-state index < -0.39 is 0 Å². The van der Waals surface area contributed by atoms with Crippen LogP contribution < -0.4 is 5.73 Å². The van der Waals surface area contributed by atoms with Gasteiger partial charge < -0.3 is 10.3 Å². The minimum Gasteiger partial charge on any atom is -0.399 e. The van der Waals surface area contributed by atoms with Crippen molar-refractivity contribution in [3.63, 3.8) is 0 Å². The number of hydrogen-bond donors (Lipinski definition) is 1. The lowest BCUT2D eigenvalue weighted by Crippen LogP contribution is -2.13. The fourth-order valence-electron chi connectivity index (χ4n) is 3.14. The fourth-order valence-corrected chi connectivity index (χ4v) is 3.14. The van der Waals surface area contributed by atoms with Crippen LogP contribution >= 0.6 is 0 Å². The van der Waals surface area contributed by atoms with Crippen molar-refractivity contribution >= 4 is 5.69 Å². The van der Waals surface area contributed by atoms with Gasteiger partial charge in [0, 0.05) is 11.6 Å². The second-order valence-electron chi connectivity index (χ2n) is 6.09. The van der Waals surface area contributed by atoms with Crippen molar-refractivity contribution in [1.29, 1.82) is 0 Å². The predicted molar refractivity (Wildman–Crippen MR) is 82.9 cm³/mol. The van der Waals surface area contributed by atoms with Gasteiger partial charge >= 0.3 is 0 Å². The maximum Gasteiger partial charge on any atom is 0.231 e. The van der Waals surface area contributed by atoms with Crippen LogP contribution in [-0.4, -0.2) is 10.1 Å². The Labute approximate surface area is 125 Å². The zero-order valence-electron chi connectivity index (χ0n) is 12.6. The Morgan fingerprint density at radius 2 is 1.86 bits per heavy atom. The molecule has 1 aromatic heterocycles. The Balaban J connectivity index is 1.62. The van der Waals surface area contributed by atoms with Gasteiger partial charge in [0.2, 0.25) is 5.89 Å². The van der Waals surface area contributed by atoms with E-state index in [0.717, 1.165) is 23.0 Å². The Morgan fingerprint density at radius 1 is 1.14 bits per heavy atom. The predicted octanol–water partition coefficient (Wildman–Crippen LogP) is 3.93. The molecule has 1 fully saturated rings. The molecule has 0 spiro atoms. The molecule has 4 heteroatoms. The van der Waals surface area contributed by atoms with E-state index in [1.165, 1.54) is 32.1 Å². The SMILES string of the molecule is CCC1CCC(c2noc(Cc3ccc(N)cc3)n2)CC1. The summed E-state index contributed by atoms with van der Waals surface area (Å²) in [6.45, 7) is 2.28. The lowest BCUT2D eigenvalue weighted by Gasteiger charge is -2.25. The van der Waals surface area contributed by atoms with Gasteiger partial charge in [0.25, 0.3) is 0 Å². The van der Waals surface area contributed by atoms with Crippen LogP contribution in [0.1, 0.15) is 62.2 Å². The van der Waals surface area contributed by atoms with E-state index in [4.69, 9.17) is 10.3 Å². The van der Waals surface area contributed by atoms with Gasteiger partial charge in [-0.05, 0) is 49.3 Å². The van der Waals surface area contributed by atoms with E-state index in [1.807, 2.05) is 24.3 Å². The summed E-state index contributed by atoms with van der Waals surface area (Å²) < 4.78 is 5.41. The molecule has 2 N–H and O–H groups in total. The van der Waals surface area contributed by atoms with Gasteiger partial charge in [0.15, 0.2) is 5.82 Å². The molecule has 0 unspecified atom stereocenters. The molecule has 0 radical (unpaired) electrons. The summed E-state index contributed by atoms with van der Waals surface area (Å²) >= 11 is 0. The number of anilines is 1. The summed E-state index contributed by atoms with van der Waals surface area (Å²) in [5.74, 6) is 2.97. The maximum absolute atomic E-state index is 5.69. The maximum atomic E-state index is 5.69. The number of hydrogen-bond acceptors (Lipinski definition) is 4. The topological polar surface area (TPSA) is 64.9 Å². The fraction of sp³-hybridized carbons (Fsp3) is 0.529. The van der Waals surface area contributed by atoms with E-state index in [0.29, 0.717) is 18.2 Å². The molecule has 0 atom stereocenters. The number of rotatable bonds is 4. The Bertz CT molecular complexity index is 568. The molecule has 0 bridgehead atoms. The van der Waals surface area contributed by atoms with E-state index >= 15 is 0 Å². The number of nitrogen functional groups attached to an aromatic ring is 1. The molecule has 0 amide bonds. The minimum absolute atomic E-state index is 0.483. The molecular weight excluding hydrogens is 262 g/mol. The highest BCUT2D eigenvalue weighted by Gasteiger charge is 2.25. The van der Waals surface area contributed by atoms with Gasteiger partial charge in [-0.15, -0.1) is 0 Å². The van der Waals surface area contributed by atoms with Gasteiger partial charge in [-0.1, -0.05) is 30.6 Å². The van der Waals surface area contributed by atoms with Gasteiger partial charge in [-0.25, -0.2) is 0 Å². The largest absolute Gasteiger partial charge is 0.399 e. The highest BCUT2D eigenvalue weighted by atomic mass is 16.5. The number of nitrogens with zero attached hydrogens (tertiary/aromatic N) is 2. The smallest absolute Gasteiger partial charge is 0.231 e. The van der Waals surface area contributed by atoms with Crippen molar-refractivity contribution in [3.05, 3.63) is 41.5 Å².